The zero-order valence-electron chi connectivity index (χ0n) is 12.8. The normalized spacial score (nSPS) is 10.3. The van der Waals surface area contributed by atoms with Crippen LogP contribution >= 0.6 is 11.8 Å². The zero-order chi connectivity index (χ0) is 16.8. The lowest BCUT2D eigenvalue weighted by molar-refractivity contribution is -0.122. The quantitative estimate of drug-likeness (QED) is 0.580. The summed E-state index contributed by atoms with van der Waals surface area (Å²) in [4.78, 5) is 27.5. The highest BCUT2D eigenvalue weighted by Crippen LogP contribution is 2.19. The third-order valence-corrected chi connectivity index (χ3v) is 3.85. The van der Waals surface area contributed by atoms with Crippen molar-refractivity contribution < 1.29 is 9.59 Å². The molecule has 0 saturated carbocycles. The number of anilines is 2. The summed E-state index contributed by atoms with van der Waals surface area (Å²) in [6.07, 6.45) is 0. The van der Waals surface area contributed by atoms with Crippen LogP contribution in [0, 0.1) is 13.8 Å². The molecule has 1 aromatic heterocycles. The fourth-order valence-corrected chi connectivity index (χ4v) is 2.51. The smallest absolute Gasteiger partial charge is 0.243 e. The molecule has 2 amide bonds. The average Bonchev–Trinajstić information content (AvgIpc) is 2.92. The van der Waals surface area contributed by atoms with Crippen molar-refractivity contribution in [2.24, 2.45) is 0 Å². The first-order valence-electron chi connectivity index (χ1n) is 6.89. The maximum atomic E-state index is 11.9. The number of nitrogens with zero attached hydrogens (tertiary/aromatic N) is 2. The minimum absolute atomic E-state index is 0.0939. The second kappa shape index (κ2) is 7.63. The van der Waals surface area contributed by atoms with E-state index in [1.807, 2.05) is 32.0 Å². The van der Waals surface area contributed by atoms with Crippen LogP contribution in [-0.4, -0.2) is 39.3 Å². The number of hydrogen-bond donors (Lipinski definition) is 4. The van der Waals surface area contributed by atoms with Crippen molar-refractivity contribution in [2.45, 2.75) is 19.0 Å². The minimum Gasteiger partial charge on any atom is -0.368 e. The van der Waals surface area contributed by atoms with Gasteiger partial charge in [0.05, 0.1) is 12.3 Å². The van der Waals surface area contributed by atoms with Gasteiger partial charge < -0.3 is 16.4 Å². The van der Waals surface area contributed by atoms with E-state index >= 15 is 0 Å². The summed E-state index contributed by atoms with van der Waals surface area (Å²) in [6.45, 7) is 3.74. The van der Waals surface area contributed by atoms with E-state index in [0.29, 0.717) is 5.16 Å². The molecule has 0 aliphatic heterocycles. The molecule has 1 aromatic carbocycles. The van der Waals surface area contributed by atoms with Gasteiger partial charge in [-0.2, -0.15) is 4.98 Å². The number of H-pyrrole nitrogens is 1. The van der Waals surface area contributed by atoms with Crippen LogP contribution in [0.4, 0.5) is 11.6 Å². The standard InChI is InChI=1S/C14H18N6O2S/c1-8-4-3-5-9(2)12(8)17-10(21)6-16-11(22)7-23-14-18-13(15)19-20-14/h3-5H,6-7H2,1-2H3,(H,16,22)(H,17,21)(H3,15,18,19,20). The van der Waals surface area contributed by atoms with Gasteiger partial charge in [-0.3, -0.25) is 9.59 Å². The van der Waals surface area contributed by atoms with Gasteiger partial charge in [0.25, 0.3) is 0 Å². The highest BCUT2D eigenvalue weighted by Gasteiger charge is 2.10. The van der Waals surface area contributed by atoms with E-state index in [9.17, 15) is 9.59 Å². The number of benzene rings is 1. The van der Waals surface area contributed by atoms with Gasteiger partial charge in [0.15, 0.2) is 0 Å². The predicted octanol–water partition coefficient (Wildman–Crippen LogP) is 0.851. The third-order valence-electron chi connectivity index (χ3n) is 3.01. The second-order valence-corrected chi connectivity index (χ2v) is 5.83. The van der Waals surface area contributed by atoms with Crippen LogP contribution in [0.3, 0.4) is 0 Å². The first kappa shape index (κ1) is 16.8. The van der Waals surface area contributed by atoms with E-state index in [0.717, 1.165) is 28.6 Å². The number of nitrogen functional groups attached to an aromatic ring is 1. The number of aryl methyl sites for hydroxylation is 2. The van der Waals surface area contributed by atoms with Gasteiger partial charge in [-0.05, 0) is 25.0 Å². The Morgan fingerprint density at radius 2 is 1.96 bits per heavy atom. The molecule has 0 aliphatic rings. The van der Waals surface area contributed by atoms with Crippen LogP contribution in [0.25, 0.3) is 0 Å². The van der Waals surface area contributed by atoms with Gasteiger partial charge in [0.2, 0.25) is 22.9 Å². The average molecular weight is 334 g/mol. The molecule has 2 rings (SSSR count). The summed E-state index contributed by atoms with van der Waals surface area (Å²) in [5, 5.41) is 12.0. The molecule has 9 heteroatoms. The maximum Gasteiger partial charge on any atom is 0.243 e. The first-order chi connectivity index (χ1) is 11.0. The van der Waals surface area contributed by atoms with Crippen LogP contribution in [0.2, 0.25) is 0 Å². The number of amides is 2. The fourth-order valence-electron chi connectivity index (χ4n) is 1.88. The Labute approximate surface area is 137 Å². The van der Waals surface area contributed by atoms with Crippen LogP contribution < -0.4 is 16.4 Å². The Morgan fingerprint density at radius 1 is 1.26 bits per heavy atom. The van der Waals surface area contributed by atoms with E-state index in [1.165, 1.54) is 0 Å². The summed E-state index contributed by atoms with van der Waals surface area (Å²) >= 11 is 1.13. The molecule has 8 nitrogen and oxygen atoms in total. The monoisotopic (exact) mass is 334 g/mol. The van der Waals surface area contributed by atoms with Crippen molar-refractivity contribution in [3.05, 3.63) is 29.3 Å². The van der Waals surface area contributed by atoms with Crippen molar-refractivity contribution in [3.8, 4) is 0 Å². The van der Waals surface area contributed by atoms with E-state index in [1.54, 1.807) is 0 Å². The highest BCUT2D eigenvalue weighted by atomic mass is 32.2. The number of aromatic nitrogens is 3. The molecule has 0 spiro atoms. The molecule has 5 N–H and O–H groups in total. The molecule has 1 heterocycles. The van der Waals surface area contributed by atoms with E-state index in [-0.39, 0.29) is 30.1 Å². The number of para-hydroxylation sites is 1. The lowest BCUT2D eigenvalue weighted by Gasteiger charge is -2.11. The van der Waals surface area contributed by atoms with Crippen LogP contribution in [-0.2, 0) is 9.59 Å². The van der Waals surface area contributed by atoms with Crippen molar-refractivity contribution in [1.29, 1.82) is 0 Å². The number of thioether (sulfide) groups is 1. The van der Waals surface area contributed by atoms with Gasteiger partial charge in [0, 0.05) is 5.69 Å². The number of nitrogens with two attached hydrogens (primary N) is 1. The van der Waals surface area contributed by atoms with Gasteiger partial charge in [0.1, 0.15) is 0 Å². The fraction of sp³-hybridized carbons (Fsp3) is 0.286. The van der Waals surface area contributed by atoms with Crippen LogP contribution in [0.1, 0.15) is 11.1 Å². The predicted molar refractivity (Wildman–Crippen MR) is 89.1 cm³/mol. The summed E-state index contributed by atoms with van der Waals surface area (Å²) in [6, 6.07) is 5.76. The highest BCUT2D eigenvalue weighted by molar-refractivity contribution is 7.99. The number of hydrogen-bond acceptors (Lipinski definition) is 6. The molecular formula is C14H18N6O2S. The Morgan fingerprint density at radius 3 is 2.57 bits per heavy atom. The minimum atomic E-state index is -0.282. The molecule has 0 saturated heterocycles. The van der Waals surface area contributed by atoms with Gasteiger partial charge in [-0.15, -0.1) is 5.10 Å². The van der Waals surface area contributed by atoms with Gasteiger partial charge >= 0.3 is 0 Å². The number of nitrogens with one attached hydrogen (secondary N) is 3. The number of carbonyl (C=O) groups is 2. The molecule has 2 aromatic rings. The van der Waals surface area contributed by atoms with Crippen LogP contribution in [0.5, 0.6) is 0 Å². The molecule has 0 fully saturated rings. The van der Waals surface area contributed by atoms with Crippen molar-refractivity contribution in [1.82, 2.24) is 20.5 Å². The molecule has 0 bridgehead atoms. The topological polar surface area (TPSA) is 126 Å². The summed E-state index contributed by atoms with van der Waals surface area (Å²) < 4.78 is 0. The van der Waals surface area contributed by atoms with Crippen LogP contribution in [0.15, 0.2) is 23.4 Å². The second-order valence-electron chi connectivity index (χ2n) is 4.88. The third kappa shape index (κ3) is 4.99. The van der Waals surface area contributed by atoms with Crippen molar-refractivity contribution >= 4 is 35.2 Å². The van der Waals surface area contributed by atoms with Gasteiger partial charge in [-0.1, -0.05) is 30.0 Å². The molecule has 122 valence electrons. The van der Waals surface area contributed by atoms with Crippen molar-refractivity contribution in [3.63, 3.8) is 0 Å². The summed E-state index contributed by atoms with van der Waals surface area (Å²) in [7, 11) is 0. The Kier molecular flexibility index (Phi) is 5.58. The number of aromatic amines is 1. The Hall–Kier alpha value is -2.55. The number of carbonyl (C=O) groups excluding carboxylic acids is 2. The van der Waals surface area contributed by atoms with E-state index in [4.69, 9.17) is 5.73 Å². The lowest BCUT2D eigenvalue weighted by atomic mass is 10.1. The van der Waals surface area contributed by atoms with Gasteiger partial charge in [-0.25, -0.2) is 5.10 Å². The zero-order valence-corrected chi connectivity index (χ0v) is 13.7. The lowest BCUT2D eigenvalue weighted by Crippen LogP contribution is -2.34. The Balaban J connectivity index is 1.76. The molecule has 0 radical (unpaired) electrons. The summed E-state index contributed by atoms with van der Waals surface area (Å²) in [5.74, 6) is -0.257. The van der Waals surface area contributed by atoms with E-state index < -0.39 is 0 Å². The molecule has 0 aliphatic carbocycles. The largest absolute Gasteiger partial charge is 0.368 e. The SMILES string of the molecule is Cc1cccc(C)c1NC(=O)CNC(=O)CSc1n[nH]c(N)n1. The number of rotatable bonds is 6. The Bertz CT molecular complexity index is 695. The van der Waals surface area contributed by atoms with E-state index in [2.05, 4.69) is 25.8 Å². The first-order valence-corrected chi connectivity index (χ1v) is 7.87. The molecule has 0 atom stereocenters. The molecular weight excluding hydrogens is 316 g/mol. The molecule has 23 heavy (non-hydrogen) atoms. The summed E-state index contributed by atoms with van der Waals surface area (Å²) in [5.41, 5.74) is 8.11. The maximum absolute atomic E-state index is 11.9. The molecule has 0 unspecified atom stereocenters. The van der Waals surface area contributed by atoms with Crippen molar-refractivity contribution in [2.75, 3.05) is 23.3 Å².